The summed E-state index contributed by atoms with van der Waals surface area (Å²) >= 11 is 12.4. The third-order valence-corrected chi connectivity index (χ3v) is 4.09. The molecule has 0 spiro atoms. The molecule has 1 aromatic heterocycles. The van der Waals surface area contributed by atoms with Crippen LogP contribution in [-0.2, 0) is 6.54 Å². The van der Waals surface area contributed by atoms with Crippen molar-refractivity contribution in [3.63, 3.8) is 0 Å². The van der Waals surface area contributed by atoms with Crippen LogP contribution in [0.4, 0.5) is 17.5 Å². The maximum Gasteiger partial charge on any atom is 0.227 e. The van der Waals surface area contributed by atoms with Crippen LogP contribution in [-0.4, -0.2) is 17.0 Å². The van der Waals surface area contributed by atoms with Crippen LogP contribution in [0, 0.1) is 0 Å². The lowest BCUT2D eigenvalue weighted by molar-refractivity contribution is 0.868. The molecule has 24 heavy (non-hydrogen) atoms. The summed E-state index contributed by atoms with van der Waals surface area (Å²) in [6, 6.07) is 17.3. The summed E-state index contributed by atoms with van der Waals surface area (Å²) in [5.41, 5.74) is 1.83. The van der Waals surface area contributed by atoms with Crippen LogP contribution in [0.15, 0.2) is 60.8 Å². The van der Waals surface area contributed by atoms with E-state index in [-0.39, 0.29) is 0 Å². The molecule has 6 heteroatoms. The number of nitrogens with one attached hydrogen (secondary N) is 1. The van der Waals surface area contributed by atoms with Gasteiger partial charge in [-0.1, -0.05) is 59.6 Å². The molecule has 0 radical (unpaired) electrons. The summed E-state index contributed by atoms with van der Waals surface area (Å²) < 4.78 is 0. The van der Waals surface area contributed by atoms with Gasteiger partial charge in [0.2, 0.25) is 5.95 Å². The van der Waals surface area contributed by atoms with E-state index in [0.29, 0.717) is 27.5 Å². The quantitative estimate of drug-likeness (QED) is 0.683. The maximum absolute atomic E-state index is 6.19. The van der Waals surface area contributed by atoms with Crippen LogP contribution in [0.25, 0.3) is 0 Å². The van der Waals surface area contributed by atoms with Gasteiger partial charge in [-0.05, 0) is 23.8 Å². The number of hydrogen-bond donors (Lipinski definition) is 1. The standard InChI is InChI=1S/C18H16Cl2N4/c1-24(12-13-6-3-2-4-7-13)18-21-11-10-16(23-18)22-17-14(19)8-5-9-15(17)20/h2-11H,12H2,1H3,(H,21,22,23). The number of halogens is 2. The average molecular weight is 359 g/mol. The van der Waals surface area contributed by atoms with Crippen LogP contribution in [0.2, 0.25) is 10.0 Å². The van der Waals surface area contributed by atoms with Gasteiger partial charge in [-0.3, -0.25) is 0 Å². The van der Waals surface area contributed by atoms with E-state index >= 15 is 0 Å². The summed E-state index contributed by atoms with van der Waals surface area (Å²) in [6.07, 6.45) is 1.71. The normalized spacial score (nSPS) is 10.5. The fourth-order valence-corrected chi connectivity index (χ4v) is 2.77. The molecule has 3 rings (SSSR count). The van der Waals surface area contributed by atoms with Gasteiger partial charge in [0.1, 0.15) is 5.82 Å². The van der Waals surface area contributed by atoms with Gasteiger partial charge < -0.3 is 10.2 Å². The first-order valence-electron chi connectivity index (χ1n) is 7.42. The minimum Gasteiger partial charge on any atom is -0.339 e. The molecular formula is C18H16Cl2N4. The molecule has 0 atom stereocenters. The maximum atomic E-state index is 6.19. The second-order valence-electron chi connectivity index (χ2n) is 5.31. The highest BCUT2D eigenvalue weighted by atomic mass is 35.5. The van der Waals surface area contributed by atoms with E-state index in [1.807, 2.05) is 30.1 Å². The van der Waals surface area contributed by atoms with Crippen molar-refractivity contribution in [2.75, 3.05) is 17.3 Å². The van der Waals surface area contributed by atoms with Crippen molar-refractivity contribution in [1.29, 1.82) is 0 Å². The molecule has 0 fully saturated rings. The Morgan fingerprint density at radius 2 is 1.67 bits per heavy atom. The molecule has 0 bridgehead atoms. The number of rotatable bonds is 5. The summed E-state index contributed by atoms with van der Waals surface area (Å²) in [5.74, 6) is 1.25. The van der Waals surface area contributed by atoms with Crippen molar-refractivity contribution in [1.82, 2.24) is 9.97 Å². The summed E-state index contributed by atoms with van der Waals surface area (Å²) in [7, 11) is 1.95. The summed E-state index contributed by atoms with van der Waals surface area (Å²) in [6.45, 7) is 0.719. The lowest BCUT2D eigenvalue weighted by Gasteiger charge is -2.18. The number of benzene rings is 2. The van der Waals surface area contributed by atoms with E-state index in [4.69, 9.17) is 23.2 Å². The van der Waals surface area contributed by atoms with Gasteiger partial charge in [-0.25, -0.2) is 4.98 Å². The Bertz CT molecular complexity index is 804. The molecule has 0 aliphatic heterocycles. The van der Waals surface area contributed by atoms with Gasteiger partial charge in [0.15, 0.2) is 0 Å². The van der Waals surface area contributed by atoms with Gasteiger partial charge in [-0.2, -0.15) is 4.98 Å². The molecular weight excluding hydrogens is 343 g/mol. The van der Waals surface area contributed by atoms with Gasteiger partial charge in [0.05, 0.1) is 15.7 Å². The molecule has 122 valence electrons. The Morgan fingerprint density at radius 3 is 2.38 bits per heavy atom. The molecule has 1 N–H and O–H groups in total. The molecule has 0 saturated heterocycles. The number of para-hydroxylation sites is 1. The number of nitrogens with zero attached hydrogens (tertiary/aromatic N) is 3. The van der Waals surface area contributed by atoms with E-state index in [2.05, 4.69) is 27.4 Å². The Balaban J connectivity index is 1.79. The number of hydrogen-bond acceptors (Lipinski definition) is 4. The van der Waals surface area contributed by atoms with Crippen LogP contribution in [0.3, 0.4) is 0 Å². The predicted octanol–water partition coefficient (Wildman–Crippen LogP) is 5.16. The van der Waals surface area contributed by atoms with Gasteiger partial charge >= 0.3 is 0 Å². The average Bonchev–Trinajstić information content (AvgIpc) is 2.59. The lowest BCUT2D eigenvalue weighted by atomic mass is 10.2. The largest absolute Gasteiger partial charge is 0.339 e. The molecule has 0 unspecified atom stereocenters. The fraction of sp³-hybridized carbons (Fsp3) is 0.111. The molecule has 0 aliphatic rings. The van der Waals surface area contributed by atoms with E-state index in [1.54, 1.807) is 30.5 Å². The highest BCUT2D eigenvalue weighted by Crippen LogP contribution is 2.32. The van der Waals surface area contributed by atoms with E-state index in [9.17, 15) is 0 Å². The summed E-state index contributed by atoms with van der Waals surface area (Å²) in [5, 5.41) is 4.24. The van der Waals surface area contributed by atoms with E-state index in [1.165, 1.54) is 5.56 Å². The molecule has 0 saturated carbocycles. The van der Waals surface area contributed by atoms with Crippen molar-refractivity contribution in [3.05, 3.63) is 76.4 Å². The predicted molar refractivity (Wildman–Crippen MR) is 100 cm³/mol. The van der Waals surface area contributed by atoms with E-state index < -0.39 is 0 Å². The van der Waals surface area contributed by atoms with Gasteiger partial charge in [0, 0.05) is 19.8 Å². The first-order chi connectivity index (χ1) is 11.6. The molecule has 4 nitrogen and oxygen atoms in total. The Hall–Kier alpha value is -2.30. The van der Waals surface area contributed by atoms with Crippen molar-refractivity contribution >= 4 is 40.7 Å². The van der Waals surface area contributed by atoms with Crippen molar-refractivity contribution < 1.29 is 0 Å². The zero-order chi connectivity index (χ0) is 16.9. The molecule has 0 amide bonds. The highest BCUT2D eigenvalue weighted by Gasteiger charge is 2.09. The van der Waals surface area contributed by atoms with Crippen molar-refractivity contribution in [2.24, 2.45) is 0 Å². The molecule has 0 aliphatic carbocycles. The Kier molecular flexibility index (Phi) is 5.18. The zero-order valence-electron chi connectivity index (χ0n) is 13.1. The number of aromatic nitrogens is 2. The van der Waals surface area contributed by atoms with Gasteiger partial charge in [0.25, 0.3) is 0 Å². The van der Waals surface area contributed by atoms with Crippen LogP contribution in [0.1, 0.15) is 5.56 Å². The van der Waals surface area contributed by atoms with E-state index in [0.717, 1.165) is 6.54 Å². The molecule has 2 aromatic carbocycles. The third-order valence-electron chi connectivity index (χ3n) is 3.46. The molecule has 3 aromatic rings. The first kappa shape index (κ1) is 16.6. The summed E-state index contributed by atoms with van der Waals surface area (Å²) in [4.78, 5) is 10.8. The second kappa shape index (κ2) is 7.51. The van der Waals surface area contributed by atoms with Crippen molar-refractivity contribution in [3.8, 4) is 0 Å². The third kappa shape index (κ3) is 3.96. The van der Waals surface area contributed by atoms with Crippen LogP contribution < -0.4 is 10.2 Å². The van der Waals surface area contributed by atoms with Crippen molar-refractivity contribution in [2.45, 2.75) is 6.54 Å². The monoisotopic (exact) mass is 358 g/mol. The minimum atomic E-state index is 0.542. The second-order valence-corrected chi connectivity index (χ2v) is 6.12. The minimum absolute atomic E-state index is 0.542. The lowest BCUT2D eigenvalue weighted by Crippen LogP contribution is -2.19. The zero-order valence-corrected chi connectivity index (χ0v) is 14.6. The SMILES string of the molecule is CN(Cc1ccccc1)c1nccc(Nc2c(Cl)cccc2Cl)n1. The number of anilines is 3. The van der Waals surface area contributed by atoms with Crippen LogP contribution >= 0.6 is 23.2 Å². The Labute approximate surface area is 151 Å². The highest BCUT2D eigenvalue weighted by molar-refractivity contribution is 6.39. The Morgan fingerprint density at radius 1 is 0.958 bits per heavy atom. The van der Waals surface area contributed by atoms with Gasteiger partial charge in [-0.15, -0.1) is 0 Å². The van der Waals surface area contributed by atoms with Crippen LogP contribution in [0.5, 0.6) is 0 Å². The fourth-order valence-electron chi connectivity index (χ4n) is 2.28. The molecule has 1 heterocycles. The smallest absolute Gasteiger partial charge is 0.227 e. The first-order valence-corrected chi connectivity index (χ1v) is 8.18. The topological polar surface area (TPSA) is 41.1 Å².